The minimum atomic E-state index is -0.0704. The number of carbonyl (C=O) groups is 1. The number of nitrogens with zero attached hydrogens (tertiary/aromatic N) is 3. The predicted molar refractivity (Wildman–Crippen MR) is 106 cm³/mol. The molecular weight excluding hydrogens is 354 g/mol. The molecule has 1 amide bonds. The summed E-state index contributed by atoms with van der Waals surface area (Å²) in [6.45, 7) is 4.52. The van der Waals surface area contributed by atoms with Crippen molar-refractivity contribution in [3.05, 3.63) is 59.7 Å². The zero-order chi connectivity index (χ0) is 19.9. The quantitative estimate of drug-likeness (QED) is 0.772. The highest BCUT2D eigenvalue weighted by atomic mass is 16.5. The van der Waals surface area contributed by atoms with Crippen molar-refractivity contribution in [3.63, 3.8) is 0 Å². The number of hydrogen-bond donors (Lipinski definition) is 0. The molecule has 2 aromatic carbocycles. The van der Waals surface area contributed by atoms with E-state index in [0.717, 1.165) is 18.7 Å². The SMILES string of the molecule is CCOc1cc(C#N)ccc1OCC(=O)N1CCN(C)CC1c1ccccc1. The summed E-state index contributed by atoms with van der Waals surface area (Å²) in [4.78, 5) is 17.1. The molecule has 1 aliphatic rings. The van der Waals surface area contributed by atoms with Gasteiger partial charge in [-0.3, -0.25) is 4.79 Å². The summed E-state index contributed by atoms with van der Waals surface area (Å²) < 4.78 is 11.3. The van der Waals surface area contributed by atoms with Gasteiger partial charge < -0.3 is 19.3 Å². The lowest BCUT2D eigenvalue weighted by molar-refractivity contribution is -0.138. The minimum Gasteiger partial charge on any atom is -0.490 e. The minimum absolute atomic E-state index is 0.00313. The van der Waals surface area contributed by atoms with Gasteiger partial charge in [-0.05, 0) is 31.7 Å². The second kappa shape index (κ2) is 9.25. The first kappa shape index (κ1) is 19.7. The molecule has 1 unspecified atom stereocenters. The van der Waals surface area contributed by atoms with E-state index < -0.39 is 0 Å². The number of likely N-dealkylation sites (N-methyl/N-ethyl adjacent to an activating group) is 1. The van der Waals surface area contributed by atoms with Crippen molar-refractivity contribution in [2.24, 2.45) is 0 Å². The summed E-state index contributed by atoms with van der Waals surface area (Å²) in [5.74, 6) is 0.890. The second-order valence-electron chi connectivity index (χ2n) is 6.77. The summed E-state index contributed by atoms with van der Waals surface area (Å²) in [6.07, 6.45) is 0. The number of amides is 1. The van der Waals surface area contributed by atoms with E-state index >= 15 is 0 Å². The van der Waals surface area contributed by atoms with Crippen LogP contribution in [0.5, 0.6) is 11.5 Å². The number of nitriles is 1. The van der Waals surface area contributed by atoms with Gasteiger partial charge in [0, 0.05) is 25.7 Å². The second-order valence-corrected chi connectivity index (χ2v) is 6.77. The van der Waals surface area contributed by atoms with Crippen LogP contribution in [-0.4, -0.2) is 55.6 Å². The molecule has 0 N–H and O–H groups in total. The third kappa shape index (κ3) is 4.62. The number of hydrogen-bond acceptors (Lipinski definition) is 5. The Balaban J connectivity index is 1.72. The monoisotopic (exact) mass is 379 g/mol. The molecule has 0 saturated carbocycles. The summed E-state index contributed by atoms with van der Waals surface area (Å²) in [5, 5.41) is 9.06. The van der Waals surface area contributed by atoms with Crippen LogP contribution in [0.2, 0.25) is 0 Å². The van der Waals surface area contributed by atoms with Crippen molar-refractivity contribution >= 4 is 5.91 Å². The van der Waals surface area contributed by atoms with Crippen LogP contribution < -0.4 is 9.47 Å². The maximum absolute atomic E-state index is 12.9. The average molecular weight is 379 g/mol. The maximum Gasteiger partial charge on any atom is 0.261 e. The highest BCUT2D eigenvalue weighted by molar-refractivity contribution is 5.78. The summed E-state index contributed by atoms with van der Waals surface area (Å²) in [5.41, 5.74) is 1.61. The average Bonchev–Trinajstić information content (AvgIpc) is 2.73. The topological polar surface area (TPSA) is 65.8 Å². The van der Waals surface area contributed by atoms with E-state index in [9.17, 15) is 4.79 Å². The highest BCUT2D eigenvalue weighted by Gasteiger charge is 2.30. The molecule has 1 saturated heterocycles. The van der Waals surface area contributed by atoms with Crippen molar-refractivity contribution in [2.45, 2.75) is 13.0 Å². The van der Waals surface area contributed by atoms with Crippen LogP contribution in [0.4, 0.5) is 0 Å². The van der Waals surface area contributed by atoms with E-state index in [1.165, 1.54) is 0 Å². The standard InChI is InChI=1S/C22H25N3O3/c1-3-27-21-13-17(14-23)9-10-20(21)28-16-22(26)25-12-11-24(2)15-19(25)18-7-5-4-6-8-18/h4-10,13,19H,3,11-12,15-16H2,1-2H3. The number of piperazine rings is 1. The fourth-order valence-corrected chi connectivity index (χ4v) is 3.37. The van der Waals surface area contributed by atoms with Crippen LogP contribution >= 0.6 is 0 Å². The van der Waals surface area contributed by atoms with Crippen LogP contribution in [0.3, 0.4) is 0 Å². The van der Waals surface area contributed by atoms with Gasteiger partial charge in [-0.15, -0.1) is 0 Å². The lowest BCUT2D eigenvalue weighted by atomic mass is 10.0. The molecule has 2 aromatic rings. The maximum atomic E-state index is 12.9. The number of carbonyl (C=O) groups excluding carboxylic acids is 1. The van der Waals surface area contributed by atoms with E-state index in [1.54, 1.807) is 18.2 Å². The smallest absolute Gasteiger partial charge is 0.261 e. The van der Waals surface area contributed by atoms with Crippen LogP contribution in [0, 0.1) is 11.3 Å². The lowest BCUT2D eigenvalue weighted by Gasteiger charge is -2.40. The van der Waals surface area contributed by atoms with Crippen LogP contribution in [0.25, 0.3) is 0 Å². The fraction of sp³-hybridized carbons (Fsp3) is 0.364. The Bertz CT molecular complexity index is 848. The van der Waals surface area contributed by atoms with Crippen molar-refractivity contribution in [2.75, 3.05) is 39.9 Å². The van der Waals surface area contributed by atoms with Crippen molar-refractivity contribution in [1.29, 1.82) is 5.26 Å². The molecule has 1 heterocycles. The van der Waals surface area contributed by atoms with Crippen LogP contribution in [0.15, 0.2) is 48.5 Å². The van der Waals surface area contributed by atoms with E-state index in [1.807, 2.05) is 30.0 Å². The van der Waals surface area contributed by atoms with E-state index in [2.05, 4.69) is 30.1 Å². The van der Waals surface area contributed by atoms with Crippen molar-refractivity contribution in [3.8, 4) is 17.6 Å². The van der Waals surface area contributed by atoms with Gasteiger partial charge in [-0.25, -0.2) is 0 Å². The lowest BCUT2D eigenvalue weighted by Crippen LogP contribution is -2.50. The molecule has 1 fully saturated rings. The zero-order valence-corrected chi connectivity index (χ0v) is 16.3. The number of benzene rings is 2. The molecule has 0 aromatic heterocycles. The van der Waals surface area contributed by atoms with E-state index in [-0.39, 0.29) is 18.6 Å². The molecule has 6 nitrogen and oxygen atoms in total. The first-order valence-corrected chi connectivity index (χ1v) is 9.45. The van der Waals surface area contributed by atoms with Gasteiger partial charge in [0.1, 0.15) is 0 Å². The molecule has 6 heteroatoms. The number of rotatable bonds is 6. The van der Waals surface area contributed by atoms with Gasteiger partial charge >= 0.3 is 0 Å². The third-order valence-electron chi connectivity index (χ3n) is 4.81. The summed E-state index contributed by atoms with van der Waals surface area (Å²) in [7, 11) is 2.07. The Morgan fingerprint density at radius 2 is 1.93 bits per heavy atom. The molecule has 146 valence electrons. The summed E-state index contributed by atoms with van der Waals surface area (Å²) in [6, 6.07) is 17.1. The Morgan fingerprint density at radius 3 is 2.64 bits per heavy atom. The molecule has 28 heavy (non-hydrogen) atoms. The largest absolute Gasteiger partial charge is 0.490 e. The first-order valence-electron chi connectivity index (χ1n) is 9.45. The Labute approximate surface area is 165 Å². The van der Waals surface area contributed by atoms with Gasteiger partial charge in [0.25, 0.3) is 5.91 Å². The predicted octanol–water partition coefficient (Wildman–Crippen LogP) is 2.85. The molecule has 0 spiro atoms. The molecule has 0 bridgehead atoms. The molecule has 1 atom stereocenters. The van der Waals surface area contributed by atoms with Gasteiger partial charge in [0.15, 0.2) is 18.1 Å². The van der Waals surface area contributed by atoms with Gasteiger partial charge in [0.2, 0.25) is 0 Å². The van der Waals surface area contributed by atoms with Gasteiger partial charge in [0.05, 0.1) is 24.3 Å². The zero-order valence-electron chi connectivity index (χ0n) is 16.3. The summed E-state index contributed by atoms with van der Waals surface area (Å²) >= 11 is 0. The van der Waals surface area contributed by atoms with Crippen molar-refractivity contribution < 1.29 is 14.3 Å². The van der Waals surface area contributed by atoms with Crippen LogP contribution in [-0.2, 0) is 4.79 Å². The highest BCUT2D eigenvalue weighted by Crippen LogP contribution is 2.29. The Hall–Kier alpha value is -3.04. The molecular formula is C22H25N3O3. The van der Waals surface area contributed by atoms with Gasteiger partial charge in [-0.2, -0.15) is 5.26 Å². The van der Waals surface area contributed by atoms with Crippen LogP contribution in [0.1, 0.15) is 24.1 Å². The van der Waals surface area contributed by atoms with E-state index in [4.69, 9.17) is 14.7 Å². The molecule has 1 aliphatic heterocycles. The molecule has 0 radical (unpaired) electrons. The molecule has 3 rings (SSSR count). The third-order valence-corrected chi connectivity index (χ3v) is 4.81. The van der Waals surface area contributed by atoms with Gasteiger partial charge in [-0.1, -0.05) is 30.3 Å². The number of ether oxygens (including phenoxy) is 2. The van der Waals surface area contributed by atoms with E-state index in [0.29, 0.717) is 30.2 Å². The Morgan fingerprint density at radius 1 is 1.14 bits per heavy atom. The fourth-order valence-electron chi connectivity index (χ4n) is 3.37. The molecule has 0 aliphatic carbocycles. The normalized spacial score (nSPS) is 17.0. The van der Waals surface area contributed by atoms with Crippen molar-refractivity contribution in [1.82, 2.24) is 9.80 Å². The Kier molecular flexibility index (Phi) is 6.51. The first-order chi connectivity index (χ1) is 13.6.